The van der Waals surface area contributed by atoms with Crippen molar-refractivity contribution >= 4 is 28.4 Å². The van der Waals surface area contributed by atoms with Crippen LogP contribution >= 0.6 is 11.8 Å². The molecule has 1 N–H and O–H groups in total. The van der Waals surface area contributed by atoms with Crippen molar-refractivity contribution in [2.75, 3.05) is 5.75 Å². The zero-order valence-electron chi connectivity index (χ0n) is 14.6. The van der Waals surface area contributed by atoms with E-state index in [0.717, 1.165) is 16.9 Å². The van der Waals surface area contributed by atoms with Gasteiger partial charge in [-0.15, -0.1) is 11.8 Å². The summed E-state index contributed by atoms with van der Waals surface area (Å²) in [6, 6.07) is 24.1. The number of thioether (sulfide) groups is 1. The number of carbonyl (C=O) groups excluding carboxylic acids is 1. The molecule has 4 heteroatoms. The minimum absolute atomic E-state index is 0.0254. The molecule has 0 aliphatic carbocycles. The molecule has 26 heavy (non-hydrogen) atoms. The molecule has 1 unspecified atom stereocenters. The van der Waals surface area contributed by atoms with E-state index in [9.17, 15) is 4.79 Å². The number of hydrogen-bond donors (Lipinski definition) is 1. The fourth-order valence-electron chi connectivity index (χ4n) is 2.78. The van der Waals surface area contributed by atoms with Gasteiger partial charge in [-0.1, -0.05) is 48.5 Å². The van der Waals surface area contributed by atoms with Gasteiger partial charge in [-0.05, 0) is 47.0 Å². The normalized spacial score (nSPS) is 11.7. The van der Waals surface area contributed by atoms with E-state index in [1.807, 2.05) is 31.2 Å². The maximum Gasteiger partial charge on any atom is 0.230 e. The first-order chi connectivity index (χ1) is 12.7. The van der Waals surface area contributed by atoms with Crippen molar-refractivity contribution < 1.29 is 4.79 Å². The highest BCUT2D eigenvalue weighted by molar-refractivity contribution is 7.99. The molecule has 0 saturated heterocycles. The molecule has 0 bridgehead atoms. The number of rotatable bonds is 6. The van der Waals surface area contributed by atoms with Crippen LogP contribution in [0.15, 0.2) is 66.7 Å². The summed E-state index contributed by atoms with van der Waals surface area (Å²) in [5.41, 5.74) is 2.87. The molecule has 3 rings (SSSR count). The second-order valence-electron chi connectivity index (χ2n) is 6.20. The first-order valence-electron chi connectivity index (χ1n) is 8.50. The average Bonchev–Trinajstić information content (AvgIpc) is 2.68. The van der Waals surface area contributed by atoms with Crippen LogP contribution in [-0.2, 0) is 10.5 Å². The average molecular weight is 360 g/mol. The largest absolute Gasteiger partial charge is 0.349 e. The van der Waals surface area contributed by atoms with E-state index < -0.39 is 0 Å². The van der Waals surface area contributed by atoms with Gasteiger partial charge in [0, 0.05) is 5.75 Å². The summed E-state index contributed by atoms with van der Waals surface area (Å²) < 4.78 is 0. The Morgan fingerprint density at radius 1 is 1.08 bits per heavy atom. The molecule has 3 aromatic carbocycles. The lowest BCUT2D eigenvalue weighted by Gasteiger charge is -2.15. The molecule has 1 atom stereocenters. The molecule has 0 spiro atoms. The van der Waals surface area contributed by atoms with Crippen LogP contribution in [-0.4, -0.2) is 11.7 Å². The summed E-state index contributed by atoms with van der Waals surface area (Å²) in [6.45, 7) is 2.01. The quantitative estimate of drug-likeness (QED) is 0.685. The van der Waals surface area contributed by atoms with Crippen molar-refractivity contribution in [3.05, 3.63) is 83.4 Å². The van der Waals surface area contributed by atoms with E-state index in [1.54, 1.807) is 23.9 Å². The van der Waals surface area contributed by atoms with Crippen molar-refractivity contribution in [2.45, 2.75) is 18.7 Å². The second kappa shape index (κ2) is 8.55. The fourth-order valence-corrected chi connectivity index (χ4v) is 3.58. The number of carbonyl (C=O) groups is 1. The van der Waals surface area contributed by atoms with Gasteiger partial charge in [-0.2, -0.15) is 5.26 Å². The molecule has 130 valence electrons. The number of amides is 1. The molecule has 0 aliphatic rings. The molecule has 0 aromatic heterocycles. The van der Waals surface area contributed by atoms with Gasteiger partial charge >= 0.3 is 0 Å². The third-order valence-electron chi connectivity index (χ3n) is 4.24. The standard InChI is InChI=1S/C22H20N2OS/c1-16(20-11-10-19-4-2-3-5-21(19)12-20)24-22(25)15-26-14-18-8-6-17(13-23)7-9-18/h2-12,16H,14-15H2,1H3,(H,24,25). The van der Waals surface area contributed by atoms with Crippen LogP contribution < -0.4 is 5.32 Å². The maximum atomic E-state index is 12.2. The van der Waals surface area contributed by atoms with Gasteiger partial charge in [-0.25, -0.2) is 0 Å². The lowest BCUT2D eigenvalue weighted by molar-refractivity contribution is -0.119. The lowest BCUT2D eigenvalue weighted by Crippen LogP contribution is -2.28. The van der Waals surface area contributed by atoms with Crippen LogP contribution in [0.25, 0.3) is 10.8 Å². The molecular weight excluding hydrogens is 340 g/mol. The molecule has 0 aliphatic heterocycles. The maximum absolute atomic E-state index is 12.2. The zero-order valence-corrected chi connectivity index (χ0v) is 15.4. The molecule has 3 aromatic rings. The van der Waals surface area contributed by atoms with Crippen molar-refractivity contribution in [2.24, 2.45) is 0 Å². The number of nitriles is 1. The van der Waals surface area contributed by atoms with E-state index in [2.05, 4.69) is 41.7 Å². The van der Waals surface area contributed by atoms with Gasteiger partial charge < -0.3 is 5.32 Å². The Hall–Kier alpha value is -2.77. The molecule has 0 saturated carbocycles. The third kappa shape index (κ3) is 4.65. The Kier molecular flexibility index (Phi) is 5.93. The molecular formula is C22H20N2OS. The highest BCUT2D eigenvalue weighted by Crippen LogP contribution is 2.20. The number of benzene rings is 3. The number of nitrogens with zero attached hydrogens (tertiary/aromatic N) is 1. The Morgan fingerprint density at radius 3 is 2.54 bits per heavy atom. The van der Waals surface area contributed by atoms with Crippen molar-refractivity contribution in [3.8, 4) is 6.07 Å². The summed E-state index contributed by atoms with van der Waals surface area (Å²) in [4.78, 5) is 12.2. The summed E-state index contributed by atoms with van der Waals surface area (Å²) in [7, 11) is 0. The van der Waals surface area contributed by atoms with Crippen LogP contribution in [0.4, 0.5) is 0 Å². The van der Waals surface area contributed by atoms with Crippen molar-refractivity contribution in [3.63, 3.8) is 0 Å². The molecule has 1 amide bonds. The minimum Gasteiger partial charge on any atom is -0.349 e. The molecule has 3 nitrogen and oxygen atoms in total. The van der Waals surface area contributed by atoms with Gasteiger partial charge in [0.25, 0.3) is 0 Å². The van der Waals surface area contributed by atoms with Gasteiger partial charge in [0.1, 0.15) is 0 Å². The highest BCUT2D eigenvalue weighted by Gasteiger charge is 2.10. The number of hydrogen-bond acceptors (Lipinski definition) is 3. The van der Waals surface area contributed by atoms with E-state index >= 15 is 0 Å². The van der Waals surface area contributed by atoms with E-state index in [1.165, 1.54) is 10.8 Å². The lowest BCUT2D eigenvalue weighted by atomic mass is 10.0. The van der Waals surface area contributed by atoms with E-state index in [4.69, 9.17) is 5.26 Å². The number of nitrogens with one attached hydrogen (secondary N) is 1. The Bertz CT molecular complexity index is 944. The van der Waals surface area contributed by atoms with Gasteiger partial charge in [-0.3, -0.25) is 4.79 Å². The van der Waals surface area contributed by atoms with Gasteiger partial charge in [0.05, 0.1) is 23.4 Å². The first-order valence-corrected chi connectivity index (χ1v) is 9.66. The van der Waals surface area contributed by atoms with Crippen LogP contribution in [0.3, 0.4) is 0 Å². The van der Waals surface area contributed by atoms with Crippen LogP contribution in [0.5, 0.6) is 0 Å². The predicted molar refractivity (Wildman–Crippen MR) is 108 cm³/mol. The monoisotopic (exact) mass is 360 g/mol. The topological polar surface area (TPSA) is 52.9 Å². The Labute approximate surface area is 158 Å². The first kappa shape index (κ1) is 18.0. The smallest absolute Gasteiger partial charge is 0.230 e. The van der Waals surface area contributed by atoms with Gasteiger partial charge in [0.15, 0.2) is 0 Å². The van der Waals surface area contributed by atoms with Crippen LogP contribution in [0, 0.1) is 11.3 Å². The predicted octanol–water partition coefficient (Wildman–Crippen LogP) is 4.82. The highest BCUT2D eigenvalue weighted by atomic mass is 32.2. The molecule has 0 fully saturated rings. The van der Waals surface area contributed by atoms with E-state index in [0.29, 0.717) is 11.3 Å². The Balaban J connectivity index is 1.50. The summed E-state index contributed by atoms with van der Waals surface area (Å²) in [5.74, 6) is 1.20. The van der Waals surface area contributed by atoms with Crippen molar-refractivity contribution in [1.29, 1.82) is 5.26 Å². The van der Waals surface area contributed by atoms with Gasteiger partial charge in [0.2, 0.25) is 5.91 Å². The molecule has 0 heterocycles. The van der Waals surface area contributed by atoms with E-state index in [-0.39, 0.29) is 11.9 Å². The SMILES string of the molecule is CC(NC(=O)CSCc1ccc(C#N)cc1)c1ccc2ccccc2c1. The summed E-state index contributed by atoms with van der Waals surface area (Å²) in [6.07, 6.45) is 0. The van der Waals surface area contributed by atoms with Crippen molar-refractivity contribution in [1.82, 2.24) is 5.32 Å². The minimum atomic E-state index is -0.0254. The Morgan fingerprint density at radius 2 is 1.81 bits per heavy atom. The number of fused-ring (bicyclic) bond motifs is 1. The fraction of sp³-hybridized carbons (Fsp3) is 0.182. The summed E-state index contributed by atoms with van der Waals surface area (Å²) >= 11 is 1.57. The third-order valence-corrected chi connectivity index (χ3v) is 5.24. The second-order valence-corrected chi connectivity index (χ2v) is 7.18. The van der Waals surface area contributed by atoms with Crippen LogP contribution in [0.2, 0.25) is 0 Å². The zero-order chi connectivity index (χ0) is 18.4. The van der Waals surface area contributed by atoms with Crippen LogP contribution in [0.1, 0.15) is 29.7 Å². The molecule has 0 radical (unpaired) electrons. The summed E-state index contributed by atoms with van der Waals surface area (Å²) in [5, 5.41) is 14.3.